The van der Waals surface area contributed by atoms with E-state index in [4.69, 9.17) is 4.74 Å². The third-order valence-corrected chi connectivity index (χ3v) is 7.48. The van der Waals surface area contributed by atoms with Crippen molar-refractivity contribution < 1.29 is 9.53 Å². The minimum absolute atomic E-state index is 0.112. The molecule has 4 rings (SSSR count). The molecule has 1 atom stereocenters. The third kappa shape index (κ3) is 4.91. The summed E-state index contributed by atoms with van der Waals surface area (Å²) in [6, 6.07) is 7.45. The average molecular weight is 469 g/mol. The van der Waals surface area contributed by atoms with Gasteiger partial charge in [-0.15, -0.1) is 28.1 Å². The minimum Gasteiger partial charge on any atom is -0.492 e. The molecule has 0 saturated carbocycles. The van der Waals surface area contributed by atoms with Crippen molar-refractivity contribution in [2.75, 3.05) is 17.7 Å². The zero-order valence-electron chi connectivity index (χ0n) is 18.5. The summed E-state index contributed by atoms with van der Waals surface area (Å²) in [7, 11) is 0. The molecule has 2 heterocycles. The van der Waals surface area contributed by atoms with E-state index in [1.54, 1.807) is 0 Å². The van der Waals surface area contributed by atoms with Gasteiger partial charge in [-0.25, -0.2) is 0 Å². The summed E-state index contributed by atoms with van der Waals surface area (Å²) >= 11 is 3.20. The van der Waals surface area contributed by atoms with E-state index >= 15 is 0 Å². The maximum Gasteiger partial charge on any atom is 0.234 e. The van der Waals surface area contributed by atoms with E-state index in [2.05, 4.69) is 39.0 Å². The number of aromatic nitrogens is 3. The number of thiophene rings is 1. The lowest BCUT2D eigenvalue weighted by molar-refractivity contribution is -0.113. The molecular formula is C24H28N4O2S2. The van der Waals surface area contributed by atoms with Crippen LogP contribution < -0.4 is 10.1 Å². The molecule has 0 aliphatic heterocycles. The number of carbonyl (C=O) groups is 1. The number of hydrogen-bond donors (Lipinski definition) is 1. The second-order valence-electron chi connectivity index (χ2n) is 7.87. The van der Waals surface area contributed by atoms with Crippen molar-refractivity contribution in [1.82, 2.24) is 14.8 Å². The van der Waals surface area contributed by atoms with E-state index in [-0.39, 0.29) is 11.7 Å². The maximum absolute atomic E-state index is 12.6. The van der Waals surface area contributed by atoms with Crippen LogP contribution in [0.25, 0.3) is 11.4 Å². The average Bonchev–Trinajstić information content (AvgIpc) is 3.37. The first-order chi connectivity index (χ1) is 15.6. The fourth-order valence-corrected chi connectivity index (χ4v) is 5.91. The number of carbonyl (C=O) groups excluding carboxylic acids is 1. The van der Waals surface area contributed by atoms with Crippen LogP contribution in [0, 0.1) is 5.92 Å². The zero-order chi connectivity index (χ0) is 22.5. The van der Waals surface area contributed by atoms with Gasteiger partial charge in [-0.3, -0.25) is 9.36 Å². The molecule has 1 amide bonds. The van der Waals surface area contributed by atoms with Gasteiger partial charge >= 0.3 is 0 Å². The van der Waals surface area contributed by atoms with Crippen LogP contribution >= 0.6 is 23.1 Å². The predicted molar refractivity (Wildman–Crippen MR) is 132 cm³/mol. The number of thioether (sulfide) groups is 1. The van der Waals surface area contributed by atoms with Gasteiger partial charge in [0.1, 0.15) is 5.75 Å². The highest BCUT2D eigenvalue weighted by Crippen LogP contribution is 2.38. The maximum atomic E-state index is 12.6. The second-order valence-corrected chi connectivity index (χ2v) is 9.78. The van der Waals surface area contributed by atoms with Gasteiger partial charge in [-0.1, -0.05) is 36.9 Å². The molecule has 0 radical (unpaired) electrons. The van der Waals surface area contributed by atoms with E-state index in [0.717, 1.165) is 29.7 Å². The highest BCUT2D eigenvalue weighted by Gasteiger charge is 2.24. The number of nitrogens with one attached hydrogen (secondary N) is 1. The molecule has 1 N–H and O–H groups in total. The SMILES string of the molecule is C=CCn1c(SCC(=O)Nc2ccccc2OCC)nnc1-c1csc2c1CCC(C)C2. The third-order valence-electron chi connectivity index (χ3n) is 5.46. The van der Waals surface area contributed by atoms with Crippen LogP contribution in [0.1, 0.15) is 30.7 Å². The summed E-state index contributed by atoms with van der Waals surface area (Å²) in [5.74, 6) is 2.38. The zero-order valence-corrected chi connectivity index (χ0v) is 20.1. The highest BCUT2D eigenvalue weighted by molar-refractivity contribution is 7.99. The number of benzene rings is 1. The van der Waals surface area contributed by atoms with Crippen molar-refractivity contribution in [2.24, 2.45) is 5.92 Å². The molecule has 168 valence electrons. The number of rotatable bonds is 9. The van der Waals surface area contributed by atoms with Gasteiger partial charge in [0.25, 0.3) is 0 Å². The smallest absolute Gasteiger partial charge is 0.234 e. The molecule has 1 aliphatic rings. The minimum atomic E-state index is -0.112. The van der Waals surface area contributed by atoms with Gasteiger partial charge in [0.05, 0.1) is 18.0 Å². The first-order valence-corrected chi connectivity index (χ1v) is 12.7. The van der Waals surface area contributed by atoms with Crippen LogP contribution in [-0.2, 0) is 24.2 Å². The number of amides is 1. The first-order valence-electron chi connectivity index (χ1n) is 10.9. The number of para-hydroxylation sites is 2. The fraction of sp³-hybridized carbons (Fsp3) is 0.375. The Kier molecular flexibility index (Phi) is 7.32. The highest BCUT2D eigenvalue weighted by atomic mass is 32.2. The fourth-order valence-electron chi connectivity index (χ4n) is 3.92. The van der Waals surface area contributed by atoms with E-state index in [1.807, 2.05) is 48.6 Å². The summed E-state index contributed by atoms with van der Waals surface area (Å²) < 4.78 is 7.65. The van der Waals surface area contributed by atoms with Gasteiger partial charge in [-0.05, 0) is 49.8 Å². The van der Waals surface area contributed by atoms with Crippen LogP contribution in [0.5, 0.6) is 5.75 Å². The Bertz CT molecular complexity index is 1110. The van der Waals surface area contributed by atoms with Crippen molar-refractivity contribution in [3.8, 4) is 17.1 Å². The number of ether oxygens (including phenoxy) is 1. The number of anilines is 1. The standard InChI is InChI=1S/C24H28N4O2S2/c1-4-12-28-23(18-14-31-21-13-16(3)10-11-17(18)21)26-27-24(28)32-15-22(29)25-19-8-6-7-9-20(19)30-5-2/h4,6-9,14,16H,1,5,10-13,15H2,2-3H3,(H,25,29). The summed E-state index contributed by atoms with van der Waals surface area (Å²) in [5, 5.41) is 14.8. The van der Waals surface area contributed by atoms with Crippen molar-refractivity contribution in [2.45, 2.75) is 44.8 Å². The molecule has 1 aliphatic carbocycles. The van der Waals surface area contributed by atoms with Crippen LogP contribution in [0.15, 0.2) is 47.5 Å². The molecule has 3 aromatic rings. The van der Waals surface area contributed by atoms with E-state index < -0.39 is 0 Å². The monoisotopic (exact) mass is 468 g/mol. The Morgan fingerprint density at radius 2 is 2.25 bits per heavy atom. The lowest BCUT2D eigenvalue weighted by Gasteiger charge is -2.19. The number of hydrogen-bond acceptors (Lipinski definition) is 6. The molecule has 0 fully saturated rings. The molecule has 1 aromatic carbocycles. The van der Waals surface area contributed by atoms with Gasteiger partial charge in [0.2, 0.25) is 5.91 Å². The molecule has 8 heteroatoms. The molecule has 6 nitrogen and oxygen atoms in total. The van der Waals surface area contributed by atoms with Crippen molar-refractivity contribution in [1.29, 1.82) is 0 Å². The van der Waals surface area contributed by atoms with Crippen molar-refractivity contribution in [3.05, 3.63) is 52.7 Å². The molecule has 0 spiro atoms. The molecule has 2 aromatic heterocycles. The van der Waals surface area contributed by atoms with Gasteiger partial charge in [0, 0.05) is 22.4 Å². The van der Waals surface area contributed by atoms with E-state index in [1.165, 1.54) is 34.2 Å². The Morgan fingerprint density at radius 1 is 1.41 bits per heavy atom. The largest absolute Gasteiger partial charge is 0.492 e. The van der Waals surface area contributed by atoms with E-state index in [9.17, 15) is 4.79 Å². The summed E-state index contributed by atoms with van der Waals surface area (Å²) in [6.07, 6.45) is 5.27. The summed E-state index contributed by atoms with van der Waals surface area (Å²) in [4.78, 5) is 14.1. The van der Waals surface area contributed by atoms with Gasteiger partial charge in [-0.2, -0.15) is 0 Å². The van der Waals surface area contributed by atoms with Crippen LogP contribution in [0.4, 0.5) is 5.69 Å². The Balaban J connectivity index is 1.49. The van der Waals surface area contributed by atoms with Gasteiger partial charge < -0.3 is 10.1 Å². The normalized spacial score (nSPS) is 15.2. The van der Waals surface area contributed by atoms with Crippen LogP contribution in [-0.4, -0.2) is 33.0 Å². The van der Waals surface area contributed by atoms with Crippen molar-refractivity contribution in [3.63, 3.8) is 0 Å². The first kappa shape index (κ1) is 22.6. The van der Waals surface area contributed by atoms with Crippen LogP contribution in [0.3, 0.4) is 0 Å². The number of nitrogens with zero attached hydrogens (tertiary/aromatic N) is 3. The Labute approximate surface area is 197 Å². The molecule has 0 bridgehead atoms. The lowest BCUT2D eigenvalue weighted by atomic mass is 9.88. The quantitative estimate of drug-likeness (QED) is 0.334. The number of fused-ring (bicyclic) bond motifs is 1. The predicted octanol–water partition coefficient (Wildman–Crippen LogP) is 5.45. The summed E-state index contributed by atoms with van der Waals surface area (Å²) in [6.45, 7) is 9.27. The molecule has 32 heavy (non-hydrogen) atoms. The van der Waals surface area contributed by atoms with Crippen LogP contribution in [0.2, 0.25) is 0 Å². The topological polar surface area (TPSA) is 69.0 Å². The lowest BCUT2D eigenvalue weighted by Crippen LogP contribution is -2.15. The van der Waals surface area contributed by atoms with E-state index in [0.29, 0.717) is 24.6 Å². The molecule has 0 saturated heterocycles. The van der Waals surface area contributed by atoms with Crippen molar-refractivity contribution >= 4 is 34.7 Å². The Hall–Kier alpha value is -2.58. The van der Waals surface area contributed by atoms with Gasteiger partial charge in [0.15, 0.2) is 11.0 Å². The molecule has 1 unspecified atom stereocenters. The molecular weight excluding hydrogens is 440 g/mol. The summed E-state index contributed by atoms with van der Waals surface area (Å²) in [5.41, 5.74) is 3.26. The Morgan fingerprint density at radius 3 is 3.06 bits per heavy atom. The number of allylic oxidation sites excluding steroid dienone is 1. The second kappa shape index (κ2) is 10.4.